The predicted molar refractivity (Wildman–Crippen MR) is 101 cm³/mol. The van der Waals surface area contributed by atoms with E-state index >= 15 is 0 Å². The molecule has 2 nitrogen and oxygen atoms in total. The molecule has 0 fully saturated rings. The zero-order valence-corrected chi connectivity index (χ0v) is 14.2. The van der Waals surface area contributed by atoms with Gasteiger partial charge < -0.3 is 0 Å². The van der Waals surface area contributed by atoms with Gasteiger partial charge in [0, 0.05) is 11.4 Å². The fourth-order valence-electron chi connectivity index (χ4n) is 3.12. The first kappa shape index (κ1) is 15.9. The van der Waals surface area contributed by atoms with E-state index in [-0.39, 0.29) is 11.9 Å². The van der Waals surface area contributed by atoms with E-state index < -0.39 is 0 Å². The molecule has 0 aliphatic carbocycles. The average molecular weight is 351 g/mol. The number of benzene rings is 3. The minimum absolute atomic E-state index is 0.0654. The SMILES string of the molecule is Fc1ccccc1N1N=C(c2ccccc2)C[C@@H]1c1ccc(Cl)cc1. The molecular formula is C21H16ClFN2. The van der Waals surface area contributed by atoms with E-state index in [4.69, 9.17) is 16.7 Å². The summed E-state index contributed by atoms with van der Waals surface area (Å²) >= 11 is 6.02. The molecule has 3 aromatic rings. The van der Waals surface area contributed by atoms with Crippen LogP contribution in [0.2, 0.25) is 5.02 Å². The second-order valence-corrected chi connectivity index (χ2v) is 6.42. The standard InChI is InChI=1S/C21H16ClFN2/c22-17-12-10-16(11-13-17)21-14-19(15-6-2-1-3-7-15)24-25(21)20-9-5-4-8-18(20)23/h1-13,21H,14H2/t21-/m1/s1. The van der Waals surface area contributed by atoms with Crippen LogP contribution >= 0.6 is 11.6 Å². The highest BCUT2D eigenvalue weighted by Crippen LogP contribution is 2.37. The van der Waals surface area contributed by atoms with E-state index in [9.17, 15) is 4.39 Å². The Bertz CT molecular complexity index is 907. The van der Waals surface area contributed by atoms with Crippen LogP contribution in [-0.2, 0) is 0 Å². The number of anilines is 1. The Morgan fingerprint density at radius 2 is 1.56 bits per heavy atom. The minimum Gasteiger partial charge on any atom is -0.254 e. The Hall–Kier alpha value is -2.65. The van der Waals surface area contributed by atoms with Crippen molar-refractivity contribution in [2.45, 2.75) is 12.5 Å². The van der Waals surface area contributed by atoms with Gasteiger partial charge in [-0.25, -0.2) is 4.39 Å². The quantitative estimate of drug-likeness (QED) is 0.579. The minimum atomic E-state index is -0.278. The Morgan fingerprint density at radius 3 is 2.28 bits per heavy atom. The number of nitrogens with zero attached hydrogens (tertiary/aromatic N) is 2. The van der Waals surface area contributed by atoms with Gasteiger partial charge in [-0.2, -0.15) is 5.10 Å². The van der Waals surface area contributed by atoms with Crippen molar-refractivity contribution in [2.24, 2.45) is 5.10 Å². The summed E-state index contributed by atoms with van der Waals surface area (Å²) in [6, 6.07) is 24.4. The molecule has 0 N–H and O–H groups in total. The van der Waals surface area contributed by atoms with Crippen LogP contribution in [0, 0.1) is 5.82 Å². The molecule has 4 heteroatoms. The number of halogens is 2. The lowest BCUT2D eigenvalue weighted by molar-refractivity contribution is 0.606. The summed E-state index contributed by atoms with van der Waals surface area (Å²) in [7, 11) is 0. The molecule has 0 unspecified atom stereocenters. The van der Waals surface area contributed by atoms with Crippen molar-refractivity contribution in [3.63, 3.8) is 0 Å². The summed E-state index contributed by atoms with van der Waals surface area (Å²) in [5.41, 5.74) is 3.54. The van der Waals surface area contributed by atoms with Gasteiger partial charge in [-0.3, -0.25) is 5.01 Å². The van der Waals surface area contributed by atoms with E-state index in [2.05, 4.69) is 0 Å². The van der Waals surface area contributed by atoms with Crippen LogP contribution in [0.1, 0.15) is 23.6 Å². The lowest BCUT2D eigenvalue weighted by atomic mass is 9.98. The highest BCUT2D eigenvalue weighted by atomic mass is 35.5. The van der Waals surface area contributed by atoms with Gasteiger partial charge in [-0.1, -0.05) is 66.2 Å². The summed E-state index contributed by atoms with van der Waals surface area (Å²) in [6.07, 6.45) is 0.708. The Morgan fingerprint density at radius 1 is 0.880 bits per heavy atom. The Balaban J connectivity index is 1.78. The van der Waals surface area contributed by atoms with Gasteiger partial charge in [0.05, 0.1) is 17.4 Å². The van der Waals surface area contributed by atoms with Crippen LogP contribution in [0.25, 0.3) is 0 Å². The third-order valence-electron chi connectivity index (χ3n) is 4.37. The number of para-hydroxylation sites is 1. The third kappa shape index (κ3) is 3.15. The number of hydrogen-bond acceptors (Lipinski definition) is 2. The van der Waals surface area contributed by atoms with Gasteiger partial charge in [-0.15, -0.1) is 0 Å². The molecule has 3 aromatic carbocycles. The summed E-state index contributed by atoms with van der Waals surface area (Å²) in [4.78, 5) is 0. The summed E-state index contributed by atoms with van der Waals surface area (Å²) < 4.78 is 14.4. The fraction of sp³-hybridized carbons (Fsp3) is 0.0952. The molecule has 0 spiro atoms. The maximum atomic E-state index is 14.4. The smallest absolute Gasteiger partial charge is 0.148 e. The van der Waals surface area contributed by atoms with Gasteiger partial charge in [0.15, 0.2) is 0 Å². The average Bonchev–Trinajstić information content (AvgIpc) is 3.09. The van der Waals surface area contributed by atoms with Gasteiger partial charge in [0.1, 0.15) is 5.82 Å². The summed E-state index contributed by atoms with van der Waals surface area (Å²) in [6.45, 7) is 0. The van der Waals surface area contributed by atoms with Crippen LogP contribution < -0.4 is 5.01 Å². The van der Waals surface area contributed by atoms with Crippen molar-refractivity contribution >= 4 is 23.0 Å². The molecule has 0 radical (unpaired) electrons. The largest absolute Gasteiger partial charge is 0.254 e. The maximum Gasteiger partial charge on any atom is 0.148 e. The van der Waals surface area contributed by atoms with Crippen LogP contribution in [0.15, 0.2) is 84.0 Å². The number of hydrazone groups is 1. The molecule has 4 rings (SSSR count). The van der Waals surface area contributed by atoms with Crippen molar-refractivity contribution in [2.75, 3.05) is 5.01 Å². The molecule has 1 atom stereocenters. The van der Waals surface area contributed by atoms with E-state index in [0.717, 1.165) is 16.8 Å². The van der Waals surface area contributed by atoms with E-state index in [1.165, 1.54) is 6.07 Å². The second kappa shape index (κ2) is 6.69. The maximum absolute atomic E-state index is 14.4. The second-order valence-electron chi connectivity index (χ2n) is 5.98. The lowest BCUT2D eigenvalue weighted by Gasteiger charge is -2.24. The molecule has 25 heavy (non-hydrogen) atoms. The molecular weight excluding hydrogens is 335 g/mol. The van der Waals surface area contributed by atoms with Crippen molar-refractivity contribution in [1.29, 1.82) is 0 Å². The normalized spacial score (nSPS) is 16.8. The third-order valence-corrected chi connectivity index (χ3v) is 4.62. The number of rotatable bonds is 3. The summed E-state index contributed by atoms with van der Waals surface area (Å²) in [5, 5.41) is 7.21. The van der Waals surface area contributed by atoms with E-state index in [1.807, 2.05) is 60.7 Å². The topological polar surface area (TPSA) is 15.6 Å². The number of hydrogen-bond donors (Lipinski definition) is 0. The van der Waals surface area contributed by atoms with E-state index in [0.29, 0.717) is 17.1 Å². The van der Waals surface area contributed by atoms with Crippen molar-refractivity contribution < 1.29 is 4.39 Å². The highest BCUT2D eigenvalue weighted by molar-refractivity contribution is 6.30. The lowest BCUT2D eigenvalue weighted by Crippen LogP contribution is -2.19. The molecule has 0 amide bonds. The molecule has 1 aliphatic heterocycles. The molecule has 0 bridgehead atoms. The van der Waals surface area contributed by atoms with Crippen molar-refractivity contribution in [1.82, 2.24) is 0 Å². The first-order valence-corrected chi connectivity index (χ1v) is 8.52. The molecule has 1 heterocycles. The molecule has 1 aliphatic rings. The summed E-state index contributed by atoms with van der Waals surface area (Å²) in [5.74, 6) is -0.278. The van der Waals surface area contributed by atoms with Crippen LogP contribution in [-0.4, -0.2) is 5.71 Å². The van der Waals surface area contributed by atoms with Gasteiger partial charge >= 0.3 is 0 Å². The van der Waals surface area contributed by atoms with Crippen molar-refractivity contribution in [3.05, 3.63) is 101 Å². The fourth-order valence-corrected chi connectivity index (χ4v) is 3.25. The Kier molecular flexibility index (Phi) is 4.24. The van der Waals surface area contributed by atoms with Crippen LogP contribution in [0.4, 0.5) is 10.1 Å². The Labute approximate surface area is 151 Å². The first-order chi connectivity index (χ1) is 12.2. The highest BCUT2D eigenvalue weighted by Gasteiger charge is 2.31. The van der Waals surface area contributed by atoms with Gasteiger partial charge in [0.25, 0.3) is 0 Å². The molecule has 124 valence electrons. The van der Waals surface area contributed by atoms with Gasteiger partial charge in [0.2, 0.25) is 0 Å². The van der Waals surface area contributed by atoms with E-state index in [1.54, 1.807) is 17.1 Å². The van der Waals surface area contributed by atoms with Crippen molar-refractivity contribution in [3.8, 4) is 0 Å². The van der Waals surface area contributed by atoms with Gasteiger partial charge in [-0.05, 0) is 35.4 Å². The monoisotopic (exact) mass is 350 g/mol. The van der Waals surface area contributed by atoms with Crippen LogP contribution in [0.5, 0.6) is 0 Å². The predicted octanol–water partition coefficient (Wildman–Crippen LogP) is 5.83. The zero-order valence-electron chi connectivity index (χ0n) is 13.4. The molecule has 0 saturated heterocycles. The molecule has 0 saturated carbocycles. The molecule has 0 aromatic heterocycles. The zero-order chi connectivity index (χ0) is 17.2. The van der Waals surface area contributed by atoms with Crippen LogP contribution in [0.3, 0.4) is 0 Å². The first-order valence-electron chi connectivity index (χ1n) is 8.14.